The van der Waals surface area contributed by atoms with E-state index in [1.165, 1.54) is 16.5 Å². The van der Waals surface area contributed by atoms with Gasteiger partial charge in [-0.25, -0.2) is 4.39 Å². The van der Waals surface area contributed by atoms with Crippen LogP contribution in [0.15, 0.2) is 29.6 Å². The SMILES string of the molecule is Oc1ccc(C2CNCc3ccsc32)c(F)c1. The van der Waals surface area contributed by atoms with E-state index in [-0.39, 0.29) is 17.5 Å². The van der Waals surface area contributed by atoms with Crippen LogP contribution in [0.25, 0.3) is 0 Å². The van der Waals surface area contributed by atoms with Gasteiger partial charge in [-0.2, -0.15) is 0 Å². The number of thiophene rings is 1. The van der Waals surface area contributed by atoms with Crippen LogP contribution < -0.4 is 5.32 Å². The minimum atomic E-state index is -0.335. The number of hydrogen-bond acceptors (Lipinski definition) is 3. The van der Waals surface area contributed by atoms with Crippen LogP contribution in [0, 0.1) is 5.82 Å². The van der Waals surface area contributed by atoms with E-state index in [1.54, 1.807) is 23.5 Å². The van der Waals surface area contributed by atoms with E-state index < -0.39 is 0 Å². The Hall–Kier alpha value is -1.39. The topological polar surface area (TPSA) is 32.3 Å². The molecule has 17 heavy (non-hydrogen) atoms. The molecule has 1 aromatic heterocycles. The van der Waals surface area contributed by atoms with Crippen LogP contribution in [0.4, 0.5) is 4.39 Å². The number of benzene rings is 1. The molecule has 0 saturated heterocycles. The molecule has 3 rings (SSSR count). The molecule has 2 aromatic rings. The minimum Gasteiger partial charge on any atom is -0.508 e. The Balaban J connectivity index is 2.06. The molecule has 0 bridgehead atoms. The number of halogens is 1. The van der Waals surface area contributed by atoms with Crippen molar-refractivity contribution in [3.8, 4) is 5.75 Å². The smallest absolute Gasteiger partial charge is 0.130 e. The van der Waals surface area contributed by atoms with Crippen molar-refractivity contribution >= 4 is 11.3 Å². The average molecular weight is 249 g/mol. The third kappa shape index (κ3) is 1.83. The monoisotopic (exact) mass is 249 g/mol. The van der Waals surface area contributed by atoms with Crippen molar-refractivity contribution in [3.05, 3.63) is 51.5 Å². The van der Waals surface area contributed by atoms with Gasteiger partial charge in [0.05, 0.1) is 0 Å². The highest BCUT2D eigenvalue weighted by Crippen LogP contribution is 2.35. The molecule has 2 nitrogen and oxygen atoms in total. The normalized spacial score (nSPS) is 19.0. The van der Waals surface area contributed by atoms with Gasteiger partial charge in [0, 0.05) is 30.0 Å². The molecule has 0 fully saturated rings. The quantitative estimate of drug-likeness (QED) is 0.814. The molecule has 2 N–H and O–H groups in total. The number of nitrogens with one attached hydrogen (secondary N) is 1. The zero-order valence-electron chi connectivity index (χ0n) is 9.11. The Kier molecular flexibility index (Phi) is 2.61. The number of rotatable bonds is 1. The van der Waals surface area contributed by atoms with Crippen LogP contribution in [-0.2, 0) is 6.54 Å². The van der Waals surface area contributed by atoms with E-state index in [0.717, 1.165) is 13.1 Å². The lowest BCUT2D eigenvalue weighted by atomic mass is 9.92. The third-order valence-corrected chi connectivity index (χ3v) is 4.19. The molecular weight excluding hydrogens is 237 g/mol. The lowest BCUT2D eigenvalue weighted by Crippen LogP contribution is -2.27. The average Bonchev–Trinajstić information content (AvgIpc) is 2.77. The molecule has 0 spiro atoms. The van der Waals surface area contributed by atoms with E-state index >= 15 is 0 Å². The minimum absolute atomic E-state index is 0.0265. The summed E-state index contributed by atoms with van der Waals surface area (Å²) in [6.45, 7) is 1.60. The second kappa shape index (κ2) is 4.13. The van der Waals surface area contributed by atoms with Crippen LogP contribution in [0.1, 0.15) is 21.9 Å². The molecule has 1 aromatic carbocycles. The van der Waals surface area contributed by atoms with Crippen LogP contribution in [-0.4, -0.2) is 11.7 Å². The molecule has 0 saturated carbocycles. The summed E-state index contributed by atoms with van der Waals surface area (Å²) < 4.78 is 13.9. The maximum atomic E-state index is 13.9. The Morgan fingerprint density at radius 3 is 3.06 bits per heavy atom. The second-order valence-electron chi connectivity index (χ2n) is 4.20. The lowest BCUT2D eigenvalue weighted by molar-refractivity contribution is 0.466. The molecule has 2 heterocycles. The summed E-state index contributed by atoms with van der Waals surface area (Å²) in [5.74, 6) is -0.307. The Morgan fingerprint density at radius 1 is 1.35 bits per heavy atom. The highest BCUT2D eigenvalue weighted by molar-refractivity contribution is 7.10. The summed E-state index contributed by atoms with van der Waals surface area (Å²) in [6.07, 6.45) is 0. The fourth-order valence-electron chi connectivity index (χ4n) is 2.29. The number of phenols is 1. The van der Waals surface area contributed by atoms with Crippen LogP contribution in [0.5, 0.6) is 5.75 Å². The summed E-state index contributed by atoms with van der Waals surface area (Å²) in [5, 5.41) is 14.6. The van der Waals surface area contributed by atoms with Gasteiger partial charge >= 0.3 is 0 Å². The van der Waals surface area contributed by atoms with Gasteiger partial charge in [0.1, 0.15) is 11.6 Å². The first-order chi connectivity index (χ1) is 8.25. The Labute approximate surface area is 103 Å². The van der Waals surface area contributed by atoms with Gasteiger partial charge in [-0.15, -0.1) is 11.3 Å². The highest BCUT2D eigenvalue weighted by Gasteiger charge is 2.25. The van der Waals surface area contributed by atoms with E-state index in [9.17, 15) is 9.50 Å². The standard InChI is InChI=1S/C13H12FNOS/c14-12-5-9(16)1-2-10(12)11-7-15-6-8-3-4-17-13(8)11/h1-5,11,15-16H,6-7H2. The third-order valence-electron chi connectivity index (χ3n) is 3.12. The zero-order chi connectivity index (χ0) is 11.8. The van der Waals surface area contributed by atoms with Crippen molar-refractivity contribution < 1.29 is 9.50 Å². The van der Waals surface area contributed by atoms with Gasteiger partial charge in [-0.05, 0) is 28.6 Å². The summed E-state index contributed by atoms with van der Waals surface area (Å²) in [7, 11) is 0. The first-order valence-electron chi connectivity index (χ1n) is 5.51. The van der Waals surface area contributed by atoms with Crippen molar-refractivity contribution in [1.29, 1.82) is 0 Å². The largest absolute Gasteiger partial charge is 0.508 e. The predicted molar refractivity (Wildman–Crippen MR) is 65.9 cm³/mol. The molecule has 4 heteroatoms. The molecule has 88 valence electrons. The van der Waals surface area contributed by atoms with Crippen LogP contribution >= 0.6 is 11.3 Å². The maximum absolute atomic E-state index is 13.9. The summed E-state index contributed by atoms with van der Waals surface area (Å²) >= 11 is 1.67. The Morgan fingerprint density at radius 2 is 2.24 bits per heavy atom. The van der Waals surface area contributed by atoms with Gasteiger partial charge in [0.25, 0.3) is 0 Å². The van der Waals surface area contributed by atoms with Gasteiger partial charge in [0.15, 0.2) is 0 Å². The number of fused-ring (bicyclic) bond motifs is 1. The molecule has 0 amide bonds. The van der Waals surface area contributed by atoms with Gasteiger partial charge in [-0.3, -0.25) is 0 Å². The maximum Gasteiger partial charge on any atom is 0.130 e. The fraction of sp³-hybridized carbons (Fsp3) is 0.231. The van der Waals surface area contributed by atoms with Gasteiger partial charge in [0.2, 0.25) is 0 Å². The van der Waals surface area contributed by atoms with Crippen LogP contribution in [0.3, 0.4) is 0 Å². The molecular formula is C13H12FNOS. The van der Waals surface area contributed by atoms with Crippen molar-refractivity contribution in [2.24, 2.45) is 0 Å². The van der Waals surface area contributed by atoms with Crippen molar-refractivity contribution in [1.82, 2.24) is 5.32 Å². The second-order valence-corrected chi connectivity index (χ2v) is 5.15. The van der Waals surface area contributed by atoms with E-state index in [4.69, 9.17) is 0 Å². The van der Waals surface area contributed by atoms with Crippen molar-refractivity contribution in [3.63, 3.8) is 0 Å². The highest BCUT2D eigenvalue weighted by atomic mass is 32.1. The van der Waals surface area contributed by atoms with E-state index in [0.29, 0.717) is 5.56 Å². The van der Waals surface area contributed by atoms with E-state index in [2.05, 4.69) is 11.4 Å². The molecule has 1 atom stereocenters. The number of hydrogen-bond donors (Lipinski definition) is 2. The first kappa shape index (κ1) is 10.7. The van der Waals surface area contributed by atoms with E-state index in [1.807, 2.05) is 5.38 Å². The molecule has 1 aliphatic rings. The first-order valence-corrected chi connectivity index (χ1v) is 6.39. The van der Waals surface area contributed by atoms with Crippen molar-refractivity contribution in [2.75, 3.05) is 6.54 Å². The molecule has 0 aliphatic carbocycles. The summed E-state index contributed by atoms with van der Waals surface area (Å²) in [6, 6.07) is 6.47. The Bertz CT molecular complexity index is 552. The summed E-state index contributed by atoms with van der Waals surface area (Å²) in [5.41, 5.74) is 1.90. The van der Waals surface area contributed by atoms with Crippen molar-refractivity contribution in [2.45, 2.75) is 12.5 Å². The molecule has 1 unspecified atom stereocenters. The zero-order valence-corrected chi connectivity index (χ0v) is 9.93. The fourth-order valence-corrected chi connectivity index (χ4v) is 3.34. The molecule has 0 radical (unpaired) electrons. The lowest BCUT2D eigenvalue weighted by Gasteiger charge is -2.24. The number of aromatic hydroxyl groups is 1. The predicted octanol–water partition coefficient (Wildman–Crippen LogP) is 2.83. The van der Waals surface area contributed by atoms with Crippen LogP contribution in [0.2, 0.25) is 0 Å². The number of phenolic OH excluding ortho intramolecular Hbond substituents is 1. The van der Waals surface area contributed by atoms with Gasteiger partial charge < -0.3 is 10.4 Å². The molecule has 1 aliphatic heterocycles. The van der Waals surface area contributed by atoms with Gasteiger partial charge in [-0.1, -0.05) is 6.07 Å². The summed E-state index contributed by atoms with van der Waals surface area (Å²) in [4.78, 5) is 1.23.